The molecule has 0 bridgehead atoms. The summed E-state index contributed by atoms with van der Waals surface area (Å²) in [6, 6.07) is 0.695. The van der Waals surface area contributed by atoms with Gasteiger partial charge in [-0.25, -0.2) is 0 Å². The molecule has 2 nitrogen and oxygen atoms in total. The molecule has 1 aliphatic carbocycles. The van der Waals surface area contributed by atoms with E-state index in [-0.39, 0.29) is 0 Å². The van der Waals surface area contributed by atoms with Gasteiger partial charge < -0.3 is 10.2 Å². The van der Waals surface area contributed by atoms with E-state index in [1.807, 2.05) is 0 Å². The Morgan fingerprint density at radius 1 is 1.31 bits per heavy atom. The molecule has 0 aromatic rings. The van der Waals surface area contributed by atoms with Gasteiger partial charge in [-0.3, -0.25) is 0 Å². The van der Waals surface area contributed by atoms with Crippen LogP contribution in [0.25, 0.3) is 0 Å². The van der Waals surface area contributed by atoms with Crippen LogP contribution in [0.2, 0.25) is 0 Å². The monoisotopic (exact) mass is 226 g/mol. The fraction of sp³-hybridized carbons (Fsp3) is 1.00. The minimum absolute atomic E-state index is 0.695. The highest BCUT2D eigenvalue weighted by Crippen LogP contribution is 2.27. The Bertz CT molecular complexity index is 180. The maximum Gasteiger partial charge on any atom is 0.0211 e. The first-order valence-electron chi connectivity index (χ1n) is 7.00. The van der Waals surface area contributed by atoms with Crippen molar-refractivity contribution in [1.82, 2.24) is 10.2 Å². The molecule has 96 valence electrons. The molecule has 1 N–H and O–H groups in total. The highest BCUT2D eigenvalue weighted by atomic mass is 15.1. The van der Waals surface area contributed by atoms with Crippen LogP contribution in [0.5, 0.6) is 0 Å². The Labute approximate surface area is 102 Å². The van der Waals surface area contributed by atoms with E-state index >= 15 is 0 Å². The minimum Gasteiger partial charge on any atom is -0.315 e. The molecular formula is C14H30N2. The Balaban J connectivity index is 2.14. The van der Waals surface area contributed by atoms with Crippen LogP contribution in [-0.2, 0) is 0 Å². The molecule has 3 atom stereocenters. The third-order valence-corrected chi connectivity index (χ3v) is 4.06. The van der Waals surface area contributed by atoms with E-state index in [0.717, 1.165) is 18.4 Å². The molecule has 0 aliphatic heterocycles. The van der Waals surface area contributed by atoms with E-state index in [1.54, 1.807) is 0 Å². The molecule has 2 heteroatoms. The number of likely N-dealkylation sites (N-methyl/N-ethyl adjacent to an activating group) is 1. The van der Waals surface area contributed by atoms with E-state index in [9.17, 15) is 0 Å². The summed E-state index contributed by atoms with van der Waals surface area (Å²) in [7, 11) is 4.36. The number of nitrogens with zero attached hydrogens (tertiary/aromatic N) is 1. The van der Waals surface area contributed by atoms with Crippen molar-refractivity contribution in [2.24, 2.45) is 11.8 Å². The summed E-state index contributed by atoms with van der Waals surface area (Å²) < 4.78 is 0. The van der Waals surface area contributed by atoms with Crippen LogP contribution in [0.15, 0.2) is 0 Å². The fourth-order valence-electron chi connectivity index (χ4n) is 2.89. The van der Waals surface area contributed by atoms with Crippen LogP contribution in [0.3, 0.4) is 0 Å². The first kappa shape index (κ1) is 14.0. The highest BCUT2D eigenvalue weighted by Gasteiger charge is 2.18. The van der Waals surface area contributed by atoms with E-state index in [0.29, 0.717) is 6.04 Å². The average Bonchev–Trinajstić information content (AvgIpc) is 2.24. The molecule has 0 aromatic carbocycles. The second-order valence-corrected chi connectivity index (χ2v) is 5.82. The normalized spacial score (nSPS) is 28.3. The first-order chi connectivity index (χ1) is 7.63. The molecule has 0 aromatic heterocycles. The maximum absolute atomic E-state index is 3.67. The molecule has 0 spiro atoms. The van der Waals surface area contributed by atoms with Crippen molar-refractivity contribution in [2.75, 3.05) is 27.2 Å². The van der Waals surface area contributed by atoms with Gasteiger partial charge in [0.2, 0.25) is 0 Å². The van der Waals surface area contributed by atoms with E-state index in [1.165, 1.54) is 38.6 Å². The van der Waals surface area contributed by atoms with Crippen molar-refractivity contribution in [1.29, 1.82) is 0 Å². The largest absolute Gasteiger partial charge is 0.315 e. The summed E-state index contributed by atoms with van der Waals surface area (Å²) in [6.07, 6.45) is 7.01. The summed E-state index contributed by atoms with van der Waals surface area (Å²) in [5.41, 5.74) is 0. The number of hydrogen-bond acceptors (Lipinski definition) is 2. The molecule has 1 saturated carbocycles. The lowest BCUT2D eigenvalue weighted by Crippen LogP contribution is -2.39. The topological polar surface area (TPSA) is 15.3 Å². The van der Waals surface area contributed by atoms with Crippen LogP contribution in [0.4, 0.5) is 0 Å². The van der Waals surface area contributed by atoms with Crippen LogP contribution >= 0.6 is 0 Å². The van der Waals surface area contributed by atoms with E-state index in [4.69, 9.17) is 0 Å². The minimum atomic E-state index is 0.695. The van der Waals surface area contributed by atoms with Crippen LogP contribution in [0, 0.1) is 11.8 Å². The molecule has 16 heavy (non-hydrogen) atoms. The molecule has 0 amide bonds. The maximum atomic E-state index is 3.67. The summed E-state index contributed by atoms with van der Waals surface area (Å²) in [5.74, 6) is 1.89. The van der Waals surface area contributed by atoms with Gasteiger partial charge in [-0.1, -0.05) is 26.7 Å². The second kappa shape index (κ2) is 7.29. The van der Waals surface area contributed by atoms with Crippen molar-refractivity contribution < 1.29 is 0 Å². The van der Waals surface area contributed by atoms with Gasteiger partial charge in [0.1, 0.15) is 0 Å². The Kier molecular flexibility index (Phi) is 6.37. The lowest BCUT2D eigenvalue weighted by Gasteiger charge is -2.28. The Hall–Kier alpha value is -0.0800. The average molecular weight is 226 g/mol. The zero-order chi connectivity index (χ0) is 12.0. The van der Waals surface area contributed by atoms with Crippen LogP contribution in [0.1, 0.15) is 46.0 Å². The SMILES string of the molecule is CCC(CNCC1CCCC(C)C1)N(C)C. The van der Waals surface area contributed by atoms with E-state index in [2.05, 4.69) is 38.2 Å². The lowest BCUT2D eigenvalue weighted by atomic mass is 9.82. The van der Waals surface area contributed by atoms with E-state index < -0.39 is 0 Å². The molecule has 0 saturated heterocycles. The molecule has 1 rings (SSSR count). The molecule has 3 unspecified atom stereocenters. The van der Waals surface area contributed by atoms with Crippen molar-refractivity contribution >= 4 is 0 Å². The molecular weight excluding hydrogens is 196 g/mol. The van der Waals surface area contributed by atoms with Crippen molar-refractivity contribution in [2.45, 2.75) is 52.0 Å². The number of nitrogens with one attached hydrogen (secondary N) is 1. The third kappa shape index (κ3) is 4.84. The number of hydrogen-bond donors (Lipinski definition) is 1. The van der Waals surface area contributed by atoms with Gasteiger partial charge in [0.25, 0.3) is 0 Å². The van der Waals surface area contributed by atoms with Gasteiger partial charge in [0.05, 0.1) is 0 Å². The fourth-order valence-corrected chi connectivity index (χ4v) is 2.89. The molecule has 0 radical (unpaired) electrons. The predicted octanol–water partition coefficient (Wildman–Crippen LogP) is 2.74. The smallest absolute Gasteiger partial charge is 0.0211 e. The van der Waals surface area contributed by atoms with Crippen LogP contribution in [-0.4, -0.2) is 38.1 Å². The first-order valence-corrected chi connectivity index (χ1v) is 7.00. The molecule has 1 fully saturated rings. The van der Waals surface area contributed by atoms with Crippen molar-refractivity contribution in [3.05, 3.63) is 0 Å². The number of rotatable bonds is 6. The third-order valence-electron chi connectivity index (χ3n) is 4.06. The van der Waals surface area contributed by atoms with Crippen LogP contribution < -0.4 is 5.32 Å². The van der Waals surface area contributed by atoms with Crippen molar-refractivity contribution in [3.8, 4) is 0 Å². The summed E-state index contributed by atoms with van der Waals surface area (Å²) in [6.45, 7) is 7.05. The molecule has 0 heterocycles. The standard InChI is InChI=1S/C14H30N2/c1-5-14(16(3)4)11-15-10-13-8-6-7-12(2)9-13/h12-15H,5-11H2,1-4H3. The van der Waals surface area contributed by atoms with Gasteiger partial charge >= 0.3 is 0 Å². The predicted molar refractivity (Wildman–Crippen MR) is 71.8 cm³/mol. The quantitative estimate of drug-likeness (QED) is 0.749. The highest BCUT2D eigenvalue weighted by molar-refractivity contribution is 4.74. The Morgan fingerprint density at radius 2 is 2.06 bits per heavy atom. The van der Waals surface area contributed by atoms with Gasteiger partial charge in [-0.05, 0) is 51.7 Å². The lowest BCUT2D eigenvalue weighted by molar-refractivity contribution is 0.246. The summed E-state index contributed by atoms with van der Waals surface area (Å²) >= 11 is 0. The van der Waals surface area contributed by atoms with Gasteiger partial charge in [0.15, 0.2) is 0 Å². The molecule has 1 aliphatic rings. The van der Waals surface area contributed by atoms with Crippen molar-refractivity contribution in [3.63, 3.8) is 0 Å². The van der Waals surface area contributed by atoms with Gasteiger partial charge in [0, 0.05) is 12.6 Å². The zero-order valence-corrected chi connectivity index (χ0v) is 11.6. The summed E-state index contributed by atoms with van der Waals surface area (Å²) in [4.78, 5) is 2.33. The summed E-state index contributed by atoms with van der Waals surface area (Å²) in [5, 5.41) is 3.67. The Morgan fingerprint density at radius 3 is 2.62 bits per heavy atom. The zero-order valence-electron chi connectivity index (χ0n) is 11.6. The van der Waals surface area contributed by atoms with Gasteiger partial charge in [-0.15, -0.1) is 0 Å². The second-order valence-electron chi connectivity index (χ2n) is 5.82. The van der Waals surface area contributed by atoms with Gasteiger partial charge in [-0.2, -0.15) is 0 Å².